The molecule has 4 aromatic carbocycles. The van der Waals surface area contributed by atoms with Gasteiger partial charge in [0.05, 0.1) is 14.2 Å². The van der Waals surface area contributed by atoms with Crippen molar-refractivity contribution in [1.29, 1.82) is 0 Å². The minimum Gasteiger partial charge on any atom is -0.497 e. The maximum Gasteiger partial charge on any atom is 0.406 e. The minimum absolute atomic E-state index is 0.0137. The Morgan fingerprint density at radius 1 is 0.463 bits per heavy atom. The number of hydrogen-bond acceptors (Lipinski definition) is 13. The zero-order chi connectivity index (χ0) is 47.7. The van der Waals surface area contributed by atoms with Crippen LogP contribution < -0.4 is 41.4 Å². The summed E-state index contributed by atoms with van der Waals surface area (Å²) in [6.07, 6.45) is -3.43. The fourth-order valence-electron chi connectivity index (χ4n) is 6.24. The normalized spacial score (nSPS) is 11.5. The van der Waals surface area contributed by atoms with Crippen LogP contribution in [-0.4, -0.2) is 80.2 Å². The molecule has 0 bridgehead atoms. The number of rotatable bonds is 20. The van der Waals surface area contributed by atoms with Gasteiger partial charge in [-0.05, 0) is 46.5 Å². The number of hydrogen-bond donors (Lipinski definition) is 8. The van der Waals surface area contributed by atoms with Crippen molar-refractivity contribution < 1.29 is 53.2 Å². The van der Waals surface area contributed by atoms with Gasteiger partial charge >= 0.3 is 12.2 Å². The Morgan fingerprint density at radius 2 is 0.791 bits per heavy atom. The van der Waals surface area contributed by atoms with E-state index >= 15 is 0 Å². The standard InChI is InChI=1S/C46H44N10O11/c1-65-33-7-3-5-29(17-33)23-49-41(59)37-19-35(51-25-53-37)39(57)47-21-27-9-13-31(14-10-27)43(55-45(61)62)67-44(56-46(63)64)32-15-11-28(12-16-32)22-48-40(58)36-20-38(54-26-52-36)42(60)50-24-30-6-4-8-34(18-30)66-2/h3-20,25-26,43-44,55-56H,21-24H2,1-2H3,(H,47,57)(H,48,58)(H,49,59)(H,50,60)(H,61,62)(H,63,64). The fraction of sp³-hybridized carbons (Fsp3) is 0.174. The predicted octanol–water partition coefficient (Wildman–Crippen LogP) is 4.25. The van der Waals surface area contributed by atoms with Crippen molar-refractivity contribution in [3.8, 4) is 11.5 Å². The second-order valence-corrected chi connectivity index (χ2v) is 14.3. The molecule has 21 heteroatoms. The van der Waals surface area contributed by atoms with Gasteiger partial charge in [-0.2, -0.15) is 0 Å². The molecule has 2 heterocycles. The largest absolute Gasteiger partial charge is 0.497 e. The van der Waals surface area contributed by atoms with E-state index in [-0.39, 0.29) is 49.0 Å². The van der Waals surface area contributed by atoms with E-state index in [0.29, 0.717) is 33.8 Å². The number of carbonyl (C=O) groups is 6. The molecule has 2 atom stereocenters. The molecule has 6 aromatic rings. The van der Waals surface area contributed by atoms with Gasteiger partial charge in [-0.3, -0.25) is 29.8 Å². The van der Waals surface area contributed by atoms with Crippen LogP contribution in [0.1, 0.15) is 87.8 Å². The highest BCUT2D eigenvalue weighted by molar-refractivity contribution is 5.98. The minimum atomic E-state index is -1.45. The summed E-state index contributed by atoms with van der Waals surface area (Å²) in [5.74, 6) is -0.911. The Balaban J connectivity index is 1.03. The zero-order valence-corrected chi connectivity index (χ0v) is 35.9. The van der Waals surface area contributed by atoms with Crippen molar-refractivity contribution in [2.45, 2.75) is 38.6 Å². The Hall–Kier alpha value is -8.98. The van der Waals surface area contributed by atoms with Crippen molar-refractivity contribution in [2.75, 3.05) is 14.2 Å². The van der Waals surface area contributed by atoms with Gasteiger partial charge in [0.2, 0.25) is 0 Å². The molecule has 0 aliphatic rings. The molecule has 0 saturated heterocycles. The molecular weight excluding hydrogens is 869 g/mol. The molecule has 6 rings (SSSR count). The molecule has 0 radical (unpaired) electrons. The lowest BCUT2D eigenvalue weighted by atomic mass is 10.1. The van der Waals surface area contributed by atoms with Gasteiger partial charge in [0.1, 0.15) is 46.9 Å². The summed E-state index contributed by atoms with van der Waals surface area (Å²) >= 11 is 0. The van der Waals surface area contributed by atoms with E-state index in [1.807, 2.05) is 12.1 Å². The molecule has 2 unspecified atom stereocenters. The van der Waals surface area contributed by atoms with Gasteiger partial charge in [0, 0.05) is 49.4 Å². The molecule has 2 aromatic heterocycles. The van der Waals surface area contributed by atoms with Crippen LogP contribution in [0.4, 0.5) is 9.59 Å². The van der Waals surface area contributed by atoms with E-state index in [9.17, 15) is 39.0 Å². The lowest BCUT2D eigenvalue weighted by Crippen LogP contribution is -2.35. The third-order valence-electron chi connectivity index (χ3n) is 9.69. The highest BCUT2D eigenvalue weighted by atomic mass is 16.5. The molecule has 0 fully saturated rings. The lowest BCUT2D eigenvalue weighted by molar-refractivity contribution is -0.0440. The molecule has 0 aliphatic carbocycles. The van der Waals surface area contributed by atoms with E-state index in [1.54, 1.807) is 74.9 Å². The number of aromatic nitrogens is 4. The maximum atomic E-state index is 13.0. The third kappa shape index (κ3) is 14.0. The molecule has 0 aliphatic heterocycles. The average molecular weight is 913 g/mol. The summed E-state index contributed by atoms with van der Waals surface area (Å²) in [6, 6.07) is 29.5. The van der Waals surface area contributed by atoms with Gasteiger partial charge in [-0.15, -0.1) is 0 Å². The summed E-state index contributed by atoms with van der Waals surface area (Å²) in [5.41, 5.74) is 3.29. The molecule has 8 N–H and O–H groups in total. The fourth-order valence-corrected chi connectivity index (χ4v) is 6.24. The Labute approximate surface area is 382 Å². The van der Waals surface area contributed by atoms with E-state index in [1.165, 1.54) is 36.4 Å². The van der Waals surface area contributed by atoms with Crippen molar-refractivity contribution in [2.24, 2.45) is 0 Å². The predicted molar refractivity (Wildman–Crippen MR) is 237 cm³/mol. The summed E-state index contributed by atoms with van der Waals surface area (Å²) < 4.78 is 16.4. The summed E-state index contributed by atoms with van der Waals surface area (Å²) in [7, 11) is 3.08. The molecule has 344 valence electrons. The van der Waals surface area contributed by atoms with Crippen LogP contribution in [0.15, 0.2) is 122 Å². The van der Waals surface area contributed by atoms with Crippen LogP contribution in [0, 0.1) is 0 Å². The SMILES string of the molecule is COc1cccc(CNC(=O)c2cc(C(=O)NCc3ccc(C(NC(=O)O)OC(NC(=O)O)c4ccc(CNC(=O)c5cc(C(=O)NCc6cccc(OC)c6)ncn5)cc4)cc3)ncn2)c1. The van der Waals surface area contributed by atoms with Crippen LogP contribution >= 0.6 is 0 Å². The summed E-state index contributed by atoms with van der Waals surface area (Å²) in [5, 5.41) is 34.7. The van der Waals surface area contributed by atoms with Gasteiger partial charge in [-0.25, -0.2) is 29.5 Å². The van der Waals surface area contributed by atoms with Crippen LogP contribution in [0.5, 0.6) is 11.5 Å². The first kappa shape index (κ1) is 47.5. The van der Waals surface area contributed by atoms with Crippen LogP contribution in [0.2, 0.25) is 0 Å². The summed E-state index contributed by atoms with van der Waals surface area (Å²) in [6.45, 7) is 0.450. The number of carboxylic acid groups (broad SMARTS) is 2. The quantitative estimate of drug-likeness (QED) is 0.0497. The van der Waals surface area contributed by atoms with E-state index in [2.05, 4.69) is 51.8 Å². The number of methoxy groups -OCH3 is 2. The number of ether oxygens (including phenoxy) is 3. The van der Waals surface area contributed by atoms with Gasteiger partial charge in [0.15, 0.2) is 12.5 Å². The molecule has 67 heavy (non-hydrogen) atoms. The monoisotopic (exact) mass is 912 g/mol. The van der Waals surface area contributed by atoms with E-state index in [4.69, 9.17) is 14.2 Å². The van der Waals surface area contributed by atoms with Crippen molar-refractivity contribution >= 4 is 35.8 Å². The third-order valence-corrected chi connectivity index (χ3v) is 9.69. The lowest BCUT2D eigenvalue weighted by Gasteiger charge is -2.25. The first-order valence-electron chi connectivity index (χ1n) is 20.2. The second-order valence-electron chi connectivity index (χ2n) is 14.3. The van der Waals surface area contributed by atoms with Crippen molar-refractivity contribution in [1.82, 2.24) is 51.8 Å². The highest BCUT2D eigenvalue weighted by Gasteiger charge is 2.24. The number of nitrogens with zero attached hydrogens (tertiary/aromatic N) is 4. The van der Waals surface area contributed by atoms with Crippen LogP contribution in [-0.2, 0) is 30.9 Å². The Kier molecular flexibility index (Phi) is 16.4. The van der Waals surface area contributed by atoms with Crippen molar-refractivity contribution in [3.05, 3.63) is 178 Å². The van der Waals surface area contributed by atoms with Crippen LogP contribution in [0.25, 0.3) is 0 Å². The Bertz CT molecular complexity index is 2540. The molecular formula is C46H44N10O11. The van der Waals surface area contributed by atoms with Gasteiger partial charge in [-0.1, -0.05) is 72.8 Å². The second kappa shape index (κ2) is 23.1. The maximum absolute atomic E-state index is 13.0. The first-order valence-corrected chi connectivity index (χ1v) is 20.2. The molecule has 0 saturated carbocycles. The van der Waals surface area contributed by atoms with Crippen LogP contribution in [0.3, 0.4) is 0 Å². The molecule has 21 nitrogen and oxygen atoms in total. The topological polar surface area (TPSA) is 294 Å². The van der Waals surface area contributed by atoms with Gasteiger partial charge in [0.25, 0.3) is 23.6 Å². The van der Waals surface area contributed by atoms with Gasteiger partial charge < -0.3 is 45.7 Å². The molecule has 0 spiro atoms. The first-order chi connectivity index (χ1) is 32.4. The number of benzene rings is 4. The molecule has 6 amide bonds. The zero-order valence-electron chi connectivity index (χ0n) is 35.9. The average Bonchev–Trinajstić information content (AvgIpc) is 3.35. The van der Waals surface area contributed by atoms with E-state index < -0.39 is 48.3 Å². The smallest absolute Gasteiger partial charge is 0.406 e. The number of carbonyl (C=O) groups excluding carboxylic acids is 4. The van der Waals surface area contributed by atoms with Crippen molar-refractivity contribution in [3.63, 3.8) is 0 Å². The summed E-state index contributed by atoms with van der Waals surface area (Å²) in [4.78, 5) is 91.2. The van der Waals surface area contributed by atoms with E-state index in [0.717, 1.165) is 23.8 Å². The highest BCUT2D eigenvalue weighted by Crippen LogP contribution is 2.25. The Morgan fingerprint density at radius 3 is 1.10 bits per heavy atom. The number of nitrogens with one attached hydrogen (secondary N) is 6. The number of amides is 6.